The molecular formula is C14H13NO3. The smallest absolute Gasteiger partial charge is 0.354 e. The summed E-state index contributed by atoms with van der Waals surface area (Å²) in [5.41, 5.74) is 2.34. The predicted octanol–water partition coefficient (Wildman–Crippen LogP) is 2.34. The van der Waals surface area contributed by atoms with Crippen LogP contribution in [0.1, 0.15) is 32.0 Å². The molecular weight excluding hydrogens is 230 g/mol. The van der Waals surface area contributed by atoms with Gasteiger partial charge in [-0.2, -0.15) is 0 Å². The summed E-state index contributed by atoms with van der Waals surface area (Å²) in [5.74, 6) is -0.608. The number of aromatic amines is 1. The maximum atomic E-state index is 12.2. The van der Waals surface area contributed by atoms with Crippen LogP contribution in [0.3, 0.4) is 0 Å². The maximum Gasteiger partial charge on any atom is 0.354 e. The van der Waals surface area contributed by atoms with Crippen LogP contribution >= 0.6 is 0 Å². The van der Waals surface area contributed by atoms with E-state index in [1.54, 1.807) is 6.07 Å². The first-order valence-electron chi connectivity index (χ1n) is 5.50. The van der Waals surface area contributed by atoms with Gasteiger partial charge in [0.1, 0.15) is 5.69 Å². The Balaban J connectivity index is 2.29. The van der Waals surface area contributed by atoms with Crippen molar-refractivity contribution in [1.82, 2.24) is 4.98 Å². The van der Waals surface area contributed by atoms with Gasteiger partial charge in [-0.25, -0.2) is 4.79 Å². The van der Waals surface area contributed by atoms with E-state index >= 15 is 0 Å². The van der Waals surface area contributed by atoms with Crippen LogP contribution in [0.4, 0.5) is 0 Å². The Labute approximate surface area is 105 Å². The molecule has 1 heterocycles. The van der Waals surface area contributed by atoms with Crippen LogP contribution in [-0.4, -0.2) is 23.8 Å². The van der Waals surface area contributed by atoms with Gasteiger partial charge in [0.2, 0.25) is 0 Å². The number of carbonyl (C=O) groups excluding carboxylic acids is 2. The third-order valence-electron chi connectivity index (χ3n) is 2.63. The van der Waals surface area contributed by atoms with Gasteiger partial charge in [0.05, 0.1) is 7.11 Å². The number of aryl methyl sites for hydroxylation is 1. The minimum absolute atomic E-state index is 0.120. The molecule has 1 aromatic carbocycles. The number of hydrogen-bond acceptors (Lipinski definition) is 3. The second-order valence-electron chi connectivity index (χ2n) is 3.99. The molecule has 0 aliphatic carbocycles. The fourth-order valence-corrected chi connectivity index (χ4v) is 1.71. The lowest BCUT2D eigenvalue weighted by Gasteiger charge is -1.99. The minimum atomic E-state index is -0.488. The fourth-order valence-electron chi connectivity index (χ4n) is 1.71. The van der Waals surface area contributed by atoms with Crippen molar-refractivity contribution in [2.24, 2.45) is 0 Å². The molecule has 0 radical (unpaired) electrons. The third kappa shape index (κ3) is 2.32. The molecule has 0 atom stereocenters. The molecule has 4 nitrogen and oxygen atoms in total. The van der Waals surface area contributed by atoms with Gasteiger partial charge >= 0.3 is 5.97 Å². The lowest BCUT2D eigenvalue weighted by atomic mass is 10.0. The van der Waals surface area contributed by atoms with E-state index in [-0.39, 0.29) is 11.5 Å². The Morgan fingerprint density at radius 2 is 1.94 bits per heavy atom. The van der Waals surface area contributed by atoms with E-state index in [9.17, 15) is 9.59 Å². The van der Waals surface area contributed by atoms with E-state index in [0.717, 1.165) is 5.56 Å². The maximum absolute atomic E-state index is 12.2. The second-order valence-corrected chi connectivity index (χ2v) is 3.99. The number of methoxy groups -OCH3 is 1. The van der Waals surface area contributed by atoms with Gasteiger partial charge in [0.25, 0.3) is 0 Å². The molecule has 18 heavy (non-hydrogen) atoms. The van der Waals surface area contributed by atoms with Crippen LogP contribution < -0.4 is 0 Å². The Morgan fingerprint density at radius 3 is 2.61 bits per heavy atom. The molecule has 1 aromatic heterocycles. The van der Waals surface area contributed by atoms with Crippen molar-refractivity contribution in [2.45, 2.75) is 6.92 Å². The second kappa shape index (κ2) is 4.87. The topological polar surface area (TPSA) is 59.2 Å². The Bertz CT molecular complexity index is 599. The van der Waals surface area contributed by atoms with Gasteiger partial charge in [-0.3, -0.25) is 4.79 Å². The van der Waals surface area contributed by atoms with Gasteiger partial charge in [-0.05, 0) is 19.1 Å². The van der Waals surface area contributed by atoms with Crippen LogP contribution in [0.5, 0.6) is 0 Å². The summed E-state index contributed by atoms with van der Waals surface area (Å²) in [4.78, 5) is 26.2. The molecule has 2 aromatic rings. The average molecular weight is 243 g/mol. The standard InChI is InChI=1S/C14H13NO3/c1-9-4-3-5-10(6-9)13(16)11-7-12(15-8-11)14(17)18-2/h3-8,15H,1-2H3. The summed E-state index contributed by atoms with van der Waals surface area (Å²) in [7, 11) is 1.30. The molecule has 0 unspecified atom stereocenters. The molecule has 0 aliphatic heterocycles. The van der Waals surface area contributed by atoms with Crippen molar-refractivity contribution in [3.8, 4) is 0 Å². The largest absolute Gasteiger partial charge is 0.464 e. The zero-order chi connectivity index (χ0) is 13.1. The molecule has 4 heteroatoms. The lowest BCUT2D eigenvalue weighted by molar-refractivity contribution is 0.0595. The predicted molar refractivity (Wildman–Crippen MR) is 66.7 cm³/mol. The summed E-state index contributed by atoms with van der Waals surface area (Å²) in [6.45, 7) is 1.92. The average Bonchev–Trinajstić information content (AvgIpc) is 2.86. The molecule has 0 bridgehead atoms. The molecule has 92 valence electrons. The zero-order valence-electron chi connectivity index (χ0n) is 10.2. The normalized spacial score (nSPS) is 10.1. The van der Waals surface area contributed by atoms with Crippen molar-refractivity contribution in [2.75, 3.05) is 7.11 Å². The number of benzene rings is 1. The molecule has 0 saturated heterocycles. The SMILES string of the molecule is COC(=O)c1cc(C(=O)c2cccc(C)c2)c[nH]1. The van der Waals surface area contributed by atoms with Crippen LogP contribution in [0.15, 0.2) is 36.5 Å². The molecule has 0 fully saturated rings. The van der Waals surface area contributed by atoms with Gasteiger partial charge in [0.15, 0.2) is 5.78 Å². The molecule has 0 saturated carbocycles. The van der Waals surface area contributed by atoms with Crippen molar-refractivity contribution in [3.63, 3.8) is 0 Å². The number of H-pyrrole nitrogens is 1. The van der Waals surface area contributed by atoms with Crippen LogP contribution in [-0.2, 0) is 4.74 Å². The highest BCUT2D eigenvalue weighted by Gasteiger charge is 2.14. The first kappa shape index (κ1) is 12.1. The summed E-state index contributed by atoms with van der Waals surface area (Å²) >= 11 is 0. The van der Waals surface area contributed by atoms with Crippen molar-refractivity contribution in [1.29, 1.82) is 0 Å². The number of hydrogen-bond donors (Lipinski definition) is 1. The number of nitrogens with one attached hydrogen (secondary N) is 1. The van der Waals surface area contributed by atoms with E-state index in [1.165, 1.54) is 19.4 Å². The highest BCUT2D eigenvalue weighted by atomic mass is 16.5. The first-order valence-corrected chi connectivity index (χ1v) is 5.50. The summed E-state index contributed by atoms with van der Waals surface area (Å²) in [6, 6.07) is 8.81. The summed E-state index contributed by atoms with van der Waals surface area (Å²) in [6.07, 6.45) is 1.51. The highest BCUT2D eigenvalue weighted by Crippen LogP contribution is 2.13. The van der Waals surface area contributed by atoms with Gasteiger partial charge in [0, 0.05) is 17.3 Å². The molecule has 0 aliphatic rings. The zero-order valence-corrected chi connectivity index (χ0v) is 10.2. The van der Waals surface area contributed by atoms with E-state index < -0.39 is 5.97 Å². The van der Waals surface area contributed by atoms with Gasteiger partial charge < -0.3 is 9.72 Å². The van der Waals surface area contributed by atoms with Crippen LogP contribution in [0.25, 0.3) is 0 Å². The number of ether oxygens (including phenoxy) is 1. The Morgan fingerprint density at radius 1 is 1.17 bits per heavy atom. The Kier molecular flexibility index (Phi) is 3.28. The van der Waals surface area contributed by atoms with Crippen molar-refractivity contribution < 1.29 is 14.3 Å². The number of rotatable bonds is 3. The van der Waals surface area contributed by atoms with Crippen molar-refractivity contribution in [3.05, 3.63) is 58.9 Å². The molecule has 1 N–H and O–H groups in total. The van der Waals surface area contributed by atoms with Gasteiger partial charge in [-0.1, -0.05) is 23.8 Å². The number of carbonyl (C=O) groups is 2. The number of aromatic nitrogens is 1. The highest BCUT2D eigenvalue weighted by molar-refractivity contribution is 6.10. The first-order chi connectivity index (χ1) is 8.61. The molecule has 2 rings (SSSR count). The van der Waals surface area contributed by atoms with Crippen molar-refractivity contribution >= 4 is 11.8 Å². The summed E-state index contributed by atoms with van der Waals surface area (Å²) < 4.78 is 4.57. The number of ketones is 1. The van der Waals surface area contributed by atoms with E-state index in [2.05, 4.69) is 9.72 Å². The Hall–Kier alpha value is -2.36. The number of esters is 1. The van der Waals surface area contributed by atoms with E-state index in [0.29, 0.717) is 11.1 Å². The fraction of sp³-hybridized carbons (Fsp3) is 0.143. The van der Waals surface area contributed by atoms with Gasteiger partial charge in [-0.15, -0.1) is 0 Å². The van der Waals surface area contributed by atoms with Crippen LogP contribution in [0.2, 0.25) is 0 Å². The lowest BCUT2D eigenvalue weighted by Crippen LogP contribution is -2.02. The molecule has 0 spiro atoms. The van der Waals surface area contributed by atoms with E-state index in [1.807, 2.05) is 25.1 Å². The van der Waals surface area contributed by atoms with E-state index in [4.69, 9.17) is 0 Å². The molecule has 0 amide bonds. The monoisotopic (exact) mass is 243 g/mol. The quantitative estimate of drug-likeness (QED) is 0.665. The summed E-state index contributed by atoms with van der Waals surface area (Å²) in [5, 5.41) is 0. The van der Waals surface area contributed by atoms with Crippen LogP contribution in [0, 0.1) is 6.92 Å². The minimum Gasteiger partial charge on any atom is -0.464 e. The third-order valence-corrected chi connectivity index (χ3v) is 2.63.